The largest absolute Gasteiger partial charge is 0.484 e. The van der Waals surface area contributed by atoms with E-state index in [0.717, 1.165) is 11.3 Å². The van der Waals surface area contributed by atoms with Gasteiger partial charge in [-0.15, -0.1) is 0 Å². The molecule has 1 atom stereocenters. The molecule has 3 rings (SSSR count). The second-order valence-corrected chi connectivity index (χ2v) is 9.08. The van der Waals surface area contributed by atoms with Gasteiger partial charge in [0.05, 0.1) is 22.3 Å². The topological polar surface area (TPSA) is 88.6 Å². The Morgan fingerprint density at radius 1 is 1.06 bits per heavy atom. The zero-order chi connectivity index (χ0) is 22.4. The van der Waals surface area contributed by atoms with Crippen molar-refractivity contribution >= 4 is 21.6 Å². The van der Waals surface area contributed by atoms with E-state index in [0.29, 0.717) is 11.4 Å². The summed E-state index contributed by atoms with van der Waals surface area (Å²) in [7, 11) is -2.17. The van der Waals surface area contributed by atoms with Crippen LogP contribution in [0.3, 0.4) is 0 Å². The van der Waals surface area contributed by atoms with Crippen LogP contribution in [-0.2, 0) is 14.8 Å². The normalized spacial score (nSPS) is 12.1. The van der Waals surface area contributed by atoms with Crippen molar-refractivity contribution in [2.75, 3.05) is 18.0 Å². The molecular formula is C23H25N3O4S. The summed E-state index contributed by atoms with van der Waals surface area (Å²) in [6.45, 7) is 3.59. The molecule has 162 valence electrons. The van der Waals surface area contributed by atoms with E-state index >= 15 is 0 Å². The van der Waals surface area contributed by atoms with Gasteiger partial charge in [-0.1, -0.05) is 23.8 Å². The quantitative estimate of drug-likeness (QED) is 0.581. The van der Waals surface area contributed by atoms with Crippen LogP contribution in [0.25, 0.3) is 0 Å². The van der Waals surface area contributed by atoms with Crippen molar-refractivity contribution in [3.63, 3.8) is 0 Å². The second kappa shape index (κ2) is 9.61. The van der Waals surface area contributed by atoms with E-state index in [-0.39, 0.29) is 23.5 Å². The number of anilines is 1. The first-order chi connectivity index (χ1) is 14.8. The predicted molar refractivity (Wildman–Crippen MR) is 119 cm³/mol. The van der Waals surface area contributed by atoms with Crippen molar-refractivity contribution in [1.82, 2.24) is 10.3 Å². The maximum Gasteiger partial charge on any atom is 0.264 e. The number of pyridine rings is 1. The highest BCUT2D eigenvalue weighted by atomic mass is 32.2. The van der Waals surface area contributed by atoms with E-state index < -0.39 is 10.0 Å². The molecule has 0 fully saturated rings. The van der Waals surface area contributed by atoms with Crippen LogP contribution in [0.5, 0.6) is 5.75 Å². The number of amides is 1. The lowest BCUT2D eigenvalue weighted by molar-refractivity contribution is -0.123. The minimum absolute atomic E-state index is 0.159. The average molecular weight is 440 g/mol. The fourth-order valence-electron chi connectivity index (χ4n) is 2.90. The highest BCUT2D eigenvalue weighted by Gasteiger charge is 2.21. The summed E-state index contributed by atoms with van der Waals surface area (Å²) >= 11 is 0. The van der Waals surface area contributed by atoms with Crippen molar-refractivity contribution in [3.05, 3.63) is 84.2 Å². The summed E-state index contributed by atoms with van der Waals surface area (Å²) in [4.78, 5) is 16.6. The Labute approximate surface area is 182 Å². The average Bonchev–Trinajstić information content (AvgIpc) is 2.78. The van der Waals surface area contributed by atoms with Crippen LogP contribution in [0, 0.1) is 6.92 Å². The number of aromatic nitrogens is 1. The van der Waals surface area contributed by atoms with E-state index in [1.807, 2.05) is 32.0 Å². The lowest BCUT2D eigenvalue weighted by atomic mass is 10.2. The lowest BCUT2D eigenvalue weighted by Crippen LogP contribution is -2.31. The lowest BCUT2D eigenvalue weighted by Gasteiger charge is -2.20. The minimum atomic E-state index is -3.66. The zero-order valence-corrected chi connectivity index (χ0v) is 18.5. The Kier molecular flexibility index (Phi) is 6.91. The molecule has 0 aliphatic heterocycles. The van der Waals surface area contributed by atoms with Crippen LogP contribution in [-0.4, -0.2) is 33.0 Å². The number of aryl methyl sites for hydroxylation is 1. The monoisotopic (exact) mass is 439 g/mol. The van der Waals surface area contributed by atoms with Crippen LogP contribution in [0.15, 0.2) is 77.8 Å². The molecule has 0 bridgehead atoms. The van der Waals surface area contributed by atoms with E-state index in [4.69, 9.17) is 4.74 Å². The summed E-state index contributed by atoms with van der Waals surface area (Å²) in [6.07, 6.45) is 1.67. The summed E-state index contributed by atoms with van der Waals surface area (Å²) in [5.74, 6) is 0.187. The summed E-state index contributed by atoms with van der Waals surface area (Å²) in [5.41, 5.74) is 2.24. The third-order valence-corrected chi connectivity index (χ3v) is 6.56. The maximum absolute atomic E-state index is 12.8. The molecule has 0 unspecified atom stereocenters. The molecule has 7 nitrogen and oxygen atoms in total. The summed E-state index contributed by atoms with van der Waals surface area (Å²) < 4.78 is 32.3. The number of sulfonamides is 1. The van der Waals surface area contributed by atoms with Gasteiger partial charge in [-0.05, 0) is 62.4 Å². The molecule has 1 heterocycles. The van der Waals surface area contributed by atoms with Crippen molar-refractivity contribution in [2.45, 2.75) is 24.8 Å². The number of benzene rings is 2. The highest BCUT2D eigenvalue weighted by Crippen LogP contribution is 2.24. The third-order valence-electron chi connectivity index (χ3n) is 4.76. The number of ether oxygens (including phenoxy) is 1. The molecule has 0 radical (unpaired) electrons. The van der Waals surface area contributed by atoms with Gasteiger partial charge in [0.25, 0.3) is 15.9 Å². The summed E-state index contributed by atoms with van der Waals surface area (Å²) in [6, 6.07) is 18.5. The molecule has 1 aromatic heterocycles. The fourth-order valence-corrected chi connectivity index (χ4v) is 4.09. The van der Waals surface area contributed by atoms with E-state index in [2.05, 4.69) is 10.3 Å². The molecule has 0 saturated carbocycles. The van der Waals surface area contributed by atoms with Gasteiger partial charge in [0.15, 0.2) is 6.61 Å². The predicted octanol–water partition coefficient (Wildman–Crippen LogP) is 3.47. The molecule has 1 N–H and O–H groups in total. The maximum atomic E-state index is 12.8. The molecule has 2 aromatic carbocycles. The Morgan fingerprint density at radius 2 is 1.74 bits per heavy atom. The van der Waals surface area contributed by atoms with Gasteiger partial charge in [0.1, 0.15) is 5.75 Å². The van der Waals surface area contributed by atoms with E-state index in [1.54, 1.807) is 54.7 Å². The van der Waals surface area contributed by atoms with Crippen LogP contribution in [0.2, 0.25) is 0 Å². The Balaban J connectivity index is 1.58. The van der Waals surface area contributed by atoms with Crippen LogP contribution in [0.1, 0.15) is 24.2 Å². The molecular weight excluding hydrogens is 414 g/mol. The minimum Gasteiger partial charge on any atom is -0.484 e. The molecule has 0 aliphatic carbocycles. The standard InChI is InChI=1S/C23H25N3O4S/c1-17-7-13-21(14-8-17)31(28,29)26(3)19-9-11-20(12-10-19)30-16-23(27)25-18(2)22-6-4-5-15-24-22/h4-15,18H,16H2,1-3H3,(H,25,27)/t18-/m1/s1. The van der Waals surface area contributed by atoms with Gasteiger partial charge >= 0.3 is 0 Å². The number of nitrogens with zero attached hydrogens (tertiary/aromatic N) is 2. The molecule has 8 heteroatoms. The number of carbonyl (C=O) groups is 1. The zero-order valence-electron chi connectivity index (χ0n) is 17.6. The van der Waals surface area contributed by atoms with Gasteiger partial charge in [-0.3, -0.25) is 14.1 Å². The number of rotatable bonds is 8. The Bertz CT molecular complexity index is 1120. The highest BCUT2D eigenvalue weighted by molar-refractivity contribution is 7.92. The van der Waals surface area contributed by atoms with Crippen molar-refractivity contribution in [1.29, 1.82) is 0 Å². The number of nitrogens with one attached hydrogen (secondary N) is 1. The van der Waals surface area contributed by atoms with Crippen molar-refractivity contribution < 1.29 is 17.9 Å². The SMILES string of the molecule is Cc1ccc(S(=O)(=O)N(C)c2ccc(OCC(=O)N[C@H](C)c3ccccn3)cc2)cc1. The molecule has 3 aromatic rings. The van der Waals surface area contributed by atoms with Gasteiger partial charge in [-0.2, -0.15) is 0 Å². The van der Waals surface area contributed by atoms with Crippen LogP contribution in [0.4, 0.5) is 5.69 Å². The number of carbonyl (C=O) groups excluding carboxylic acids is 1. The molecule has 0 aliphatic rings. The van der Waals surface area contributed by atoms with Crippen LogP contribution < -0.4 is 14.4 Å². The first-order valence-electron chi connectivity index (χ1n) is 9.76. The van der Waals surface area contributed by atoms with Gasteiger partial charge in [0.2, 0.25) is 0 Å². The first kappa shape index (κ1) is 22.3. The third kappa shape index (κ3) is 5.61. The van der Waals surface area contributed by atoms with Crippen molar-refractivity contribution in [2.24, 2.45) is 0 Å². The smallest absolute Gasteiger partial charge is 0.264 e. The molecule has 0 spiro atoms. The molecule has 1 amide bonds. The molecule has 31 heavy (non-hydrogen) atoms. The van der Waals surface area contributed by atoms with Crippen molar-refractivity contribution in [3.8, 4) is 5.75 Å². The van der Waals surface area contributed by atoms with Crippen LogP contribution >= 0.6 is 0 Å². The second-order valence-electron chi connectivity index (χ2n) is 7.11. The first-order valence-corrected chi connectivity index (χ1v) is 11.2. The van der Waals surface area contributed by atoms with Gasteiger partial charge in [0, 0.05) is 13.2 Å². The van der Waals surface area contributed by atoms with E-state index in [1.165, 1.54) is 11.4 Å². The fraction of sp³-hybridized carbons (Fsp3) is 0.217. The van der Waals surface area contributed by atoms with Gasteiger partial charge in [-0.25, -0.2) is 8.42 Å². The Morgan fingerprint density at radius 3 is 2.35 bits per heavy atom. The number of hydrogen-bond acceptors (Lipinski definition) is 5. The Hall–Kier alpha value is -3.39. The van der Waals surface area contributed by atoms with E-state index in [9.17, 15) is 13.2 Å². The molecule has 0 saturated heterocycles. The summed E-state index contributed by atoms with van der Waals surface area (Å²) in [5, 5.41) is 2.82. The number of hydrogen-bond donors (Lipinski definition) is 1. The van der Waals surface area contributed by atoms with Gasteiger partial charge < -0.3 is 10.1 Å².